The monoisotopic (exact) mass is 286 g/mol. The number of guanidine groups is 1. The molecule has 0 aliphatic heterocycles. The van der Waals surface area contributed by atoms with E-state index < -0.39 is 0 Å². The Labute approximate surface area is 123 Å². The summed E-state index contributed by atoms with van der Waals surface area (Å²) in [6, 6.07) is 11.2. The van der Waals surface area contributed by atoms with Crippen LogP contribution in [0.2, 0.25) is 0 Å². The minimum absolute atomic E-state index is 0.332. The molecule has 0 radical (unpaired) electrons. The van der Waals surface area contributed by atoms with Crippen LogP contribution in [0.5, 0.6) is 11.6 Å². The standard InChI is InChI=1S/C15H18N4O2/c1-20-13-5-3-4-12(8-13)19-15(16)18-10-11-6-7-14(21-2)17-9-11/h3-9H,10H2,1-2H3,(H3,16,18,19). The van der Waals surface area contributed by atoms with Gasteiger partial charge < -0.3 is 20.5 Å². The van der Waals surface area contributed by atoms with Crippen LogP contribution in [0.15, 0.2) is 47.6 Å². The number of hydrogen-bond acceptors (Lipinski definition) is 4. The van der Waals surface area contributed by atoms with E-state index in [0.717, 1.165) is 17.0 Å². The van der Waals surface area contributed by atoms with Crippen molar-refractivity contribution < 1.29 is 9.47 Å². The van der Waals surface area contributed by atoms with E-state index in [1.807, 2.05) is 30.3 Å². The van der Waals surface area contributed by atoms with E-state index in [9.17, 15) is 0 Å². The van der Waals surface area contributed by atoms with Gasteiger partial charge in [0.1, 0.15) is 5.75 Å². The van der Waals surface area contributed by atoms with Crippen molar-refractivity contribution in [3.8, 4) is 11.6 Å². The Morgan fingerprint density at radius 2 is 2.10 bits per heavy atom. The summed E-state index contributed by atoms with van der Waals surface area (Å²) in [6.07, 6.45) is 1.71. The first-order valence-electron chi connectivity index (χ1n) is 6.41. The van der Waals surface area contributed by atoms with Gasteiger partial charge in [-0.05, 0) is 17.7 Å². The number of nitrogens with zero attached hydrogens (tertiary/aromatic N) is 2. The lowest BCUT2D eigenvalue weighted by Crippen LogP contribution is -2.22. The molecule has 110 valence electrons. The van der Waals surface area contributed by atoms with E-state index >= 15 is 0 Å². The Kier molecular flexibility index (Phi) is 4.98. The number of pyridine rings is 1. The van der Waals surface area contributed by atoms with E-state index in [-0.39, 0.29) is 0 Å². The highest BCUT2D eigenvalue weighted by molar-refractivity contribution is 5.92. The summed E-state index contributed by atoms with van der Waals surface area (Å²) in [4.78, 5) is 8.37. The second-order valence-electron chi connectivity index (χ2n) is 4.27. The maximum absolute atomic E-state index is 5.85. The lowest BCUT2D eigenvalue weighted by molar-refractivity contribution is 0.397. The zero-order valence-corrected chi connectivity index (χ0v) is 12.0. The maximum Gasteiger partial charge on any atom is 0.212 e. The molecule has 2 aromatic rings. The fourth-order valence-corrected chi connectivity index (χ4v) is 1.69. The molecule has 0 saturated carbocycles. The number of ether oxygens (including phenoxy) is 2. The summed E-state index contributed by atoms with van der Waals surface area (Å²) in [6.45, 7) is 0.444. The highest BCUT2D eigenvalue weighted by atomic mass is 16.5. The van der Waals surface area contributed by atoms with Crippen molar-refractivity contribution in [3.63, 3.8) is 0 Å². The Bertz CT molecular complexity index is 611. The third-order valence-electron chi connectivity index (χ3n) is 2.78. The summed E-state index contributed by atoms with van der Waals surface area (Å²) >= 11 is 0. The first-order valence-corrected chi connectivity index (χ1v) is 6.41. The number of methoxy groups -OCH3 is 2. The van der Waals surface area contributed by atoms with Crippen molar-refractivity contribution in [1.29, 1.82) is 0 Å². The molecule has 0 spiro atoms. The molecule has 0 fully saturated rings. The molecule has 0 aliphatic rings. The van der Waals surface area contributed by atoms with Gasteiger partial charge in [0, 0.05) is 24.0 Å². The molecule has 3 N–H and O–H groups in total. The van der Waals surface area contributed by atoms with Gasteiger partial charge in [-0.1, -0.05) is 12.1 Å². The number of anilines is 1. The molecule has 1 heterocycles. The SMILES string of the molecule is COc1cccc(NC(N)=NCc2ccc(OC)nc2)c1. The Morgan fingerprint density at radius 1 is 1.24 bits per heavy atom. The van der Waals surface area contributed by atoms with Gasteiger partial charge in [0.2, 0.25) is 5.88 Å². The average Bonchev–Trinajstić information content (AvgIpc) is 2.53. The van der Waals surface area contributed by atoms with Gasteiger partial charge in [0.15, 0.2) is 5.96 Å². The van der Waals surface area contributed by atoms with E-state index in [1.165, 1.54) is 0 Å². The van der Waals surface area contributed by atoms with Gasteiger partial charge in [-0.3, -0.25) is 0 Å². The quantitative estimate of drug-likeness (QED) is 0.649. The highest BCUT2D eigenvalue weighted by Gasteiger charge is 1.98. The molecular weight excluding hydrogens is 268 g/mol. The van der Waals surface area contributed by atoms with Crippen LogP contribution in [0.3, 0.4) is 0 Å². The molecule has 1 aromatic heterocycles. The number of rotatable bonds is 5. The molecule has 1 aromatic carbocycles. The van der Waals surface area contributed by atoms with Crippen LogP contribution in [-0.2, 0) is 6.54 Å². The van der Waals surface area contributed by atoms with Crippen LogP contribution in [0, 0.1) is 0 Å². The highest BCUT2D eigenvalue weighted by Crippen LogP contribution is 2.16. The van der Waals surface area contributed by atoms with Crippen LogP contribution in [-0.4, -0.2) is 25.2 Å². The third-order valence-corrected chi connectivity index (χ3v) is 2.78. The summed E-state index contributed by atoms with van der Waals surface area (Å²) in [7, 11) is 3.20. The normalized spacial score (nSPS) is 11.0. The molecule has 6 nitrogen and oxygen atoms in total. The van der Waals surface area contributed by atoms with E-state index in [4.69, 9.17) is 15.2 Å². The second kappa shape index (κ2) is 7.14. The molecule has 0 unspecified atom stereocenters. The maximum atomic E-state index is 5.85. The van der Waals surface area contributed by atoms with Gasteiger partial charge in [0.05, 0.1) is 20.8 Å². The van der Waals surface area contributed by atoms with E-state index in [2.05, 4.69) is 15.3 Å². The number of aliphatic imine (C=N–C) groups is 1. The minimum Gasteiger partial charge on any atom is -0.497 e. The van der Waals surface area contributed by atoms with Crippen LogP contribution in [0.1, 0.15) is 5.56 Å². The number of aromatic nitrogens is 1. The smallest absolute Gasteiger partial charge is 0.212 e. The fraction of sp³-hybridized carbons (Fsp3) is 0.200. The van der Waals surface area contributed by atoms with Crippen molar-refractivity contribution in [1.82, 2.24) is 4.98 Å². The lowest BCUT2D eigenvalue weighted by Gasteiger charge is -2.07. The molecular formula is C15H18N4O2. The first kappa shape index (κ1) is 14.6. The van der Waals surface area contributed by atoms with Crippen LogP contribution >= 0.6 is 0 Å². The predicted molar refractivity (Wildman–Crippen MR) is 82.7 cm³/mol. The van der Waals surface area contributed by atoms with Gasteiger partial charge >= 0.3 is 0 Å². The van der Waals surface area contributed by atoms with Gasteiger partial charge in [0.25, 0.3) is 0 Å². The second-order valence-corrected chi connectivity index (χ2v) is 4.27. The number of nitrogens with one attached hydrogen (secondary N) is 1. The van der Waals surface area contributed by atoms with Crippen molar-refractivity contribution in [2.45, 2.75) is 6.54 Å². The number of hydrogen-bond donors (Lipinski definition) is 2. The molecule has 21 heavy (non-hydrogen) atoms. The molecule has 0 bridgehead atoms. The van der Waals surface area contributed by atoms with Gasteiger partial charge in [-0.2, -0.15) is 0 Å². The first-order chi connectivity index (χ1) is 10.2. The van der Waals surface area contributed by atoms with Crippen LogP contribution < -0.4 is 20.5 Å². The van der Waals surface area contributed by atoms with Gasteiger partial charge in [-0.25, -0.2) is 9.98 Å². The average molecular weight is 286 g/mol. The molecule has 0 amide bonds. The molecule has 6 heteroatoms. The molecule has 0 aliphatic carbocycles. The zero-order valence-electron chi connectivity index (χ0n) is 12.0. The summed E-state index contributed by atoms with van der Waals surface area (Å²) in [5, 5.41) is 3.01. The van der Waals surface area contributed by atoms with Crippen molar-refractivity contribution in [2.75, 3.05) is 19.5 Å². The summed E-state index contributed by atoms with van der Waals surface area (Å²) in [5.41, 5.74) is 7.63. The predicted octanol–water partition coefficient (Wildman–Crippen LogP) is 2.03. The Morgan fingerprint density at radius 3 is 2.76 bits per heavy atom. The summed E-state index contributed by atoms with van der Waals surface area (Å²) < 4.78 is 10.1. The Balaban J connectivity index is 1.96. The molecule has 0 atom stereocenters. The number of nitrogens with two attached hydrogens (primary N) is 1. The molecule has 0 saturated heterocycles. The van der Waals surface area contributed by atoms with Crippen LogP contribution in [0.4, 0.5) is 5.69 Å². The van der Waals surface area contributed by atoms with Crippen molar-refractivity contribution in [2.24, 2.45) is 10.7 Å². The topological polar surface area (TPSA) is 81.8 Å². The van der Waals surface area contributed by atoms with Crippen LogP contribution in [0.25, 0.3) is 0 Å². The zero-order chi connectivity index (χ0) is 15.1. The Hall–Kier alpha value is -2.76. The van der Waals surface area contributed by atoms with Crippen molar-refractivity contribution in [3.05, 3.63) is 48.2 Å². The fourth-order valence-electron chi connectivity index (χ4n) is 1.69. The minimum atomic E-state index is 0.332. The van der Waals surface area contributed by atoms with Gasteiger partial charge in [-0.15, -0.1) is 0 Å². The van der Waals surface area contributed by atoms with E-state index in [1.54, 1.807) is 26.5 Å². The largest absolute Gasteiger partial charge is 0.497 e. The third kappa shape index (κ3) is 4.38. The van der Waals surface area contributed by atoms with E-state index in [0.29, 0.717) is 18.4 Å². The number of benzene rings is 1. The van der Waals surface area contributed by atoms with Crippen molar-refractivity contribution >= 4 is 11.6 Å². The molecule has 2 rings (SSSR count). The lowest BCUT2D eigenvalue weighted by atomic mass is 10.3. The summed E-state index contributed by atoms with van der Waals surface area (Å²) in [5.74, 6) is 1.66.